The Kier molecular flexibility index (Phi) is 4.42. The number of hydrogen-bond donors (Lipinski definition) is 2. The topological polar surface area (TPSA) is 58.2 Å². The lowest BCUT2D eigenvalue weighted by atomic mass is 10.0. The van der Waals surface area contributed by atoms with Crippen molar-refractivity contribution >= 4 is 10.0 Å². The summed E-state index contributed by atoms with van der Waals surface area (Å²) in [5, 5.41) is 2.00. The smallest absolute Gasteiger partial charge is 0.305 e. The van der Waals surface area contributed by atoms with E-state index in [4.69, 9.17) is 0 Å². The Hall–Kier alpha value is -0.340. The summed E-state index contributed by atoms with van der Waals surface area (Å²) in [6.07, 6.45) is -0.990. The average Bonchev–Trinajstić information content (AvgIpc) is 2.82. The highest BCUT2D eigenvalue weighted by Gasteiger charge is 2.42. The molecule has 1 aliphatic heterocycles. The second-order valence-corrected chi connectivity index (χ2v) is 7.34. The molecular weight excluding hydrogens is 281 g/mol. The molecule has 2 atom stereocenters. The maximum Gasteiger partial charge on any atom is 0.403 e. The summed E-state index contributed by atoms with van der Waals surface area (Å²) in [5.41, 5.74) is 0. The zero-order valence-corrected chi connectivity index (χ0v) is 11.4. The van der Waals surface area contributed by atoms with Gasteiger partial charge < -0.3 is 5.32 Å². The second kappa shape index (κ2) is 5.57. The second-order valence-electron chi connectivity index (χ2n) is 5.35. The molecule has 8 heteroatoms. The van der Waals surface area contributed by atoms with Crippen molar-refractivity contribution in [2.24, 2.45) is 0 Å². The van der Waals surface area contributed by atoms with Gasteiger partial charge in [0, 0.05) is 12.6 Å². The highest BCUT2D eigenvalue weighted by molar-refractivity contribution is 7.90. The highest BCUT2D eigenvalue weighted by atomic mass is 32.2. The Morgan fingerprint density at radius 3 is 2.16 bits per heavy atom. The fourth-order valence-corrected chi connectivity index (χ4v) is 4.58. The minimum Gasteiger partial charge on any atom is -0.305 e. The summed E-state index contributed by atoms with van der Waals surface area (Å²) in [7, 11) is -3.38. The predicted molar refractivity (Wildman–Crippen MR) is 65.2 cm³/mol. The van der Waals surface area contributed by atoms with Gasteiger partial charge in [0.05, 0.1) is 5.25 Å². The molecule has 2 aliphatic rings. The Bertz CT molecular complexity index is 397. The van der Waals surface area contributed by atoms with Crippen molar-refractivity contribution in [3.63, 3.8) is 0 Å². The van der Waals surface area contributed by atoms with Crippen LogP contribution in [0.4, 0.5) is 13.2 Å². The van der Waals surface area contributed by atoms with Gasteiger partial charge in [-0.3, -0.25) is 0 Å². The Morgan fingerprint density at radius 1 is 1.05 bits per heavy atom. The van der Waals surface area contributed by atoms with Crippen LogP contribution in [-0.2, 0) is 10.0 Å². The lowest BCUT2D eigenvalue weighted by Gasteiger charge is -2.32. The molecule has 1 saturated carbocycles. The SMILES string of the molecule is O=S(=O)(NC1CCC(C(F)(F)F)NC1)C1CCCC1. The van der Waals surface area contributed by atoms with Crippen LogP contribution in [-0.4, -0.2) is 38.5 Å². The predicted octanol–water partition coefficient (Wildman–Crippen LogP) is 1.53. The molecule has 1 aliphatic carbocycles. The lowest BCUT2D eigenvalue weighted by molar-refractivity contribution is -0.160. The fourth-order valence-electron chi connectivity index (χ4n) is 2.76. The minimum absolute atomic E-state index is 0.0378. The Balaban J connectivity index is 1.85. The van der Waals surface area contributed by atoms with Gasteiger partial charge in [-0.25, -0.2) is 13.1 Å². The number of sulfonamides is 1. The van der Waals surface area contributed by atoms with E-state index in [1.807, 2.05) is 0 Å². The molecule has 19 heavy (non-hydrogen) atoms. The Labute approximate surface area is 111 Å². The number of hydrogen-bond acceptors (Lipinski definition) is 3. The summed E-state index contributed by atoms with van der Waals surface area (Å²) in [6, 6.07) is -1.94. The third kappa shape index (κ3) is 3.82. The maximum atomic E-state index is 12.5. The van der Waals surface area contributed by atoms with E-state index in [0.717, 1.165) is 12.8 Å². The summed E-state index contributed by atoms with van der Waals surface area (Å²) >= 11 is 0. The van der Waals surface area contributed by atoms with Gasteiger partial charge in [0.25, 0.3) is 0 Å². The lowest BCUT2D eigenvalue weighted by Crippen LogP contribution is -2.55. The summed E-state index contributed by atoms with van der Waals surface area (Å²) in [5.74, 6) is 0. The van der Waals surface area contributed by atoms with Gasteiger partial charge in [-0.05, 0) is 25.7 Å². The minimum atomic E-state index is -4.25. The third-order valence-electron chi connectivity index (χ3n) is 3.88. The van der Waals surface area contributed by atoms with Gasteiger partial charge >= 0.3 is 6.18 Å². The summed E-state index contributed by atoms with van der Waals surface area (Å²) < 4.78 is 63.9. The van der Waals surface area contributed by atoms with E-state index < -0.39 is 28.3 Å². The zero-order chi connectivity index (χ0) is 14.1. The molecule has 4 nitrogen and oxygen atoms in total. The van der Waals surface area contributed by atoms with Crippen molar-refractivity contribution in [1.29, 1.82) is 0 Å². The number of halogens is 3. The molecule has 0 aromatic heterocycles. The molecule has 2 rings (SSSR count). The largest absolute Gasteiger partial charge is 0.403 e. The van der Waals surface area contributed by atoms with Crippen molar-refractivity contribution in [2.75, 3.05) is 6.54 Å². The number of piperidine rings is 1. The molecule has 0 aromatic carbocycles. The maximum absolute atomic E-state index is 12.5. The molecule has 2 unspecified atom stereocenters. The van der Waals surface area contributed by atoms with Gasteiger partial charge in [0.1, 0.15) is 6.04 Å². The van der Waals surface area contributed by atoms with E-state index in [1.165, 1.54) is 0 Å². The molecule has 2 N–H and O–H groups in total. The van der Waals surface area contributed by atoms with E-state index in [1.54, 1.807) is 0 Å². The molecule has 0 aromatic rings. The molecular formula is C11H19F3N2O2S. The molecule has 1 heterocycles. The molecule has 2 fully saturated rings. The molecule has 0 spiro atoms. The van der Waals surface area contributed by atoms with Crippen LogP contribution >= 0.6 is 0 Å². The number of rotatable bonds is 3. The van der Waals surface area contributed by atoms with Gasteiger partial charge in [0.2, 0.25) is 10.0 Å². The van der Waals surface area contributed by atoms with Crippen LogP contribution in [0.15, 0.2) is 0 Å². The third-order valence-corrected chi connectivity index (χ3v) is 5.89. The van der Waals surface area contributed by atoms with E-state index in [0.29, 0.717) is 12.8 Å². The van der Waals surface area contributed by atoms with Gasteiger partial charge in [-0.1, -0.05) is 12.8 Å². The summed E-state index contributed by atoms with van der Waals surface area (Å²) in [6.45, 7) is 0.0378. The average molecular weight is 300 g/mol. The van der Waals surface area contributed by atoms with E-state index in [2.05, 4.69) is 10.0 Å². The van der Waals surface area contributed by atoms with Crippen molar-refractivity contribution in [3.8, 4) is 0 Å². The van der Waals surface area contributed by atoms with E-state index >= 15 is 0 Å². The van der Waals surface area contributed by atoms with Crippen molar-refractivity contribution in [1.82, 2.24) is 10.0 Å². The van der Waals surface area contributed by atoms with E-state index in [-0.39, 0.29) is 24.6 Å². The van der Waals surface area contributed by atoms with Crippen molar-refractivity contribution < 1.29 is 21.6 Å². The van der Waals surface area contributed by atoms with Crippen LogP contribution < -0.4 is 10.0 Å². The van der Waals surface area contributed by atoms with Crippen LogP contribution in [0.2, 0.25) is 0 Å². The van der Waals surface area contributed by atoms with Crippen LogP contribution in [0.1, 0.15) is 38.5 Å². The van der Waals surface area contributed by atoms with Crippen molar-refractivity contribution in [2.45, 2.75) is 62.0 Å². The number of nitrogens with one attached hydrogen (secondary N) is 2. The molecule has 0 amide bonds. The van der Waals surface area contributed by atoms with Crippen LogP contribution in [0.5, 0.6) is 0 Å². The number of alkyl halides is 3. The quantitative estimate of drug-likeness (QED) is 0.831. The monoisotopic (exact) mass is 300 g/mol. The fraction of sp³-hybridized carbons (Fsp3) is 1.00. The first-order valence-corrected chi connectivity index (χ1v) is 8.15. The first-order chi connectivity index (χ1) is 8.79. The van der Waals surface area contributed by atoms with Gasteiger partial charge in [-0.15, -0.1) is 0 Å². The molecule has 112 valence electrons. The Morgan fingerprint density at radius 2 is 1.68 bits per heavy atom. The highest BCUT2D eigenvalue weighted by Crippen LogP contribution is 2.28. The zero-order valence-electron chi connectivity index (χ0n) is 10.5. The first-order valence-electron chi connectivity index (χ1n) is 6.60. The van der Waals surface area contributed by atoms with Gasteiger partial charge in [0.15, 0.2) is 0 Å². The molecule has 0 radical (unpaired) electrons. The van der Waals surface area contributed by atoms with Crippen molar-refractivity contribution in [3.05, 3.63) is 0 Å². The molecule has 0 bridgehead atoms. The first kappa shape index (κ1) is 15.1. The van der Waals surface area contributed by atoms with Gasteiger partial charge in [-0.2, -0.15) is 13.2 Å². The molecule has 1 saturated heterocycles. The normalized spacial score (nSPS) is 30.7. The summed E-state index contributed by atoms with van der Waals surface area (Å²) in [4.78, 5) is 0. The standard InChI is InChI=1S/C11H19F3N2O2S/c12-11(13,14)10-6-5-8(7-15-10)16-19(17,18)9-3-1-2-4-9/h8-10,15-16H,1-7H2. The van der Waals surface area contributed by atoms with Crippen LogP contribution in [0, 0.1) is 0 Å². The van der Waals surface area contributed by atoms with Crippen LogP contribution in [0.25, 0.3) is 0 Å². The van der Waals surface area contributed by atoms with Crippen LogP contribution in [0.3, 0.4) is 0 Å². The van der Waals surface area contributed by atoms with E-state index in [9.17, 15) is 21.6 Å².